The van der Waals surface area contributed by atoms with E-state index in [1.807, 2.05) is 6.92 Å². The first-order chi connectivity index (χ1) is 13.6. The van der Waals surface area contributed by atoms with E-state index in [0.717, 1.165) is 12.1 Å². The Kier molecular flexibility index (Phi) is 3.58. The summed E-state index contributed by atoms with van der Waals surface area (Å²) >= 11 is 0. The molecule has 154 valence electrons. The van der Waals surface area contributed by atoms with Crippen molar-refractivity contribution >= 4 is 11.6 Å². The molecule has 1 aromatic rings. The first kappa shape index (κ1) is 18.9. The van der Waals surface area contributed by atoms with Crippen molar-refractivity contribution in [3.63, 3.8) is 0 Å². The summed E-state index contributed by atoms with van der Waals surface area (Å²) in [6.45, 7) is 3.85. The summed E-state index contributed by atoms with van der Waals surface area (Å²) < 4.78 is 52.5. The normalized spacial score (nSPS) is 42.9. The minimum absolute atomic E-state index is 0.0305. The Hall–Kier alpha value is -2.15. The molecule has 0 aliphatic carbocycles. The van der Waals surface area contributed by atoms with Crippen LogP contribution in [0, 0.1) is 29.1 Å². The maximum absolute atomic E-state index is 13.4. The van der Waals surface area contributed by atoms with Gasteiger partial charge in [-0.25, -0.2) is 0 Å². The average Bonchev–Trinajstić information content (AvgIpc) is 3.20. The number of aliphatic hydroxyl groups excluding tert-OH is 1. The van der Waals surface area contributed by atoms with Gasteiger partial charge in [0.1, 0.15) is 11.8 Å². The van der Waals surface area contributed by atoms with Gasteiger partial charge >= 0.3 is 6.18 Å². The third-order valence-corrected chi connectivity index (χ3v) is 7.34. The van der Waals surface area contributed by atoms with E-state index >= 15 is 0 Å². The van der Waals surface area contributed by atoms with Crippen molar-refractivity contribution in [1.82, 2.24) is 0 Å². The molecule has 0 aromatic heterocycles. The number of benzene rings is 1. The first-order valence-corrected chi connectivity index (χ1v) is 9.50. The van der Waals surface area contributed by atoms with Crippen LogP contribution in [0.1, 0.15) is 31.4 Å². The van der Waals surface area contributed by atoms with Crippen molar-refractivity contribution in [3.05, 3.63) is 29.3 Å². The van der Waals surface area contributed by atoms with Gasteiger partial charge in [-0.2, -0.15) is 18.4 Å². The van der Waals surface area contributed by atoms with E-state index in [-0.39, 0.29) is 24.1 Å². The SMILES string of the molecule is C[C@H]1[C@@H](O)[C@@]2(C)O[C@@]13CCO[C@H]1[C@@H]3[C@@H]2C(=O)N1c1ccc(C#N)c(C(F)(F)F)c1. The van der Waals surface area contributed by atoms with Crippen LogP contribution in [0.2, 0.25) is 0 Å². The summed E-state index contributed by atoms with van der Waals surface area (Å²) in [7, 11) is 0. The quantitative estimate of drug-likeness (QED) is 0.772. The number of amides is 1. The molecule has 1 spiro atoms. The smallest absolute Gasteiger partial charge is 0.390 e. The zero-order valence-electron chi connectivity index (χ0n) is 15.7. The van der Waals surface area contributed by atoms with Crippen molar-refractivity contribution in [1.29, 1.82) is 5.26 Å². The van der Waals surface area contributed by atoms with Crippen molar-refractivity contribution in [3.8, 4) is 6.07 Å². The fraction of sp³-hybridized carbons (Fsp3) is 0.600. The number of anilines is 1. The molecule has 4 heterocycles. The lowest BCUT2D eigenvalue weighted by Crippen LogP contribution is -2.57. The molecule has 1 N–H and O–H groups in total. The van der Waals surface area contributed by atoms with Crippen LogP contribution in [0.3, 0.4) is 0 Å². The van der Waals surface area contributed by atoms with Crippen LogP contribution < -0.4 is 4.90 Å². The Labute approximate surface area is 164 Å². The summed E-state index contributed by atoms with van der Waals surface area (Å²) in [5.74, 6) is -1.73. The Morgan fingerprint density at radius 2 is 2.10 bits per heavy atom. The fourth-order valence-electron chi connectivity index (χ4n) is 6.08. The van der Waals surface area contributed by atoms with E-state index in [9.17, 15) is 23.1 Å². The van der Waals surface area contributed by atoms with Gasteiger partial charge in [0.15, 0.2) is 0 Å². The van der Waals surface area contributed by atoms with E-state index in [1.165, 1.54) is 11.0 Å². The van der Waals surface area contributed by atoms with E-state index < -0.39 is 52.7 Å². The minimum Gasteiger partial charge on any atom is -0.390 e. The van der Waals surface area contributed by atoms with Crippen molar-refractivity contribution in [2.24, 2.45) is 17.8 Å². The van der Waals surface area contributed by atoms with Crippen molar-refractivity contribution in [2.45, 2.75) is 50.0 Å². The Balaban J connectivity index is 1.64. The second-order valence-electron chi connectivity index (χ2n) is 8.54. The van der Waals surface area contributed by atoms with Crippen molar-refractivity contribution in [2.75, 3.05) is 11.5 Å². The third kappa shape index (κ3) is 2.09. The highest BCUT2D eigenvalue weighted by atomic mass is 19.4. The van der Waals surface area contributed by atoms with Gasteiger partial charge in [-0.05, 0) is 25.1 Å². The molecule has 4 fully saturated rings. The second-order valence-corrected chi connectivity index (χ2v) is 8.54. The van der Waals surface area contributed by atoms with Gasteiger partial charge < -0.3 is 14.6 Å². The Morgan fingerprint density at radius 3 is 2.76 bits per heavy atom. The van der Waals surface area contributed by atoms with Crippen LogP contribution in [0.4, 0.5) is 18.9 Å². The predicted molar refractivity (Wildman–Crippen MR) is 92.4 cm³/mol. The standard InChI is InChI=1S/C20H19F3N2O4/c1-9-15(26)18(2)13-14-17(28-6-5-19(9,14)29-18)25(16(13)27)11-4-3-10(8-24)12(7-11)20(21,22)23/h3-4,7,9,13-15,17,26H,5-6H2,1-2H3/t9-,13+,14-,15+,17-,18-,19-/m0/s1. The van der Waals surface area contributed by atoms with Gasteiger partial charge in [-0.1, -0.05) is 6.92 Å². The van der Waals surface area contributed by atoms with Gasteiger partial charge in [-0.3, -0.25) is 9.69 Å². The monoisotopic (exact) mass is 408 g/mol. The zero-order valence-corrected chi connectivity index (χ0v) is 15.7. The number of carbonyl (C=O) groups is 1. The molecule has 0 radical (unpaired) electrons. The Bertz CT molecular complexity index is 960. The van der Waals surface area contributed by atoms with Gasteiger partial charge in [0.05, 0.1) is 41.4 Å². The van der Waals surface area contributed by atoms with Crippen LogP contribution in [0.15, 0.2) is 18.2 Å². The number of halogens is 3. The number of alkyl halides is 3. The summed E-state index contributed by atoms with van der Waals surface area (Å²) in [4.78, 5) is 14.7. The van der Waals surface area contributed by atoms with E-state index in [2.05, 4.69) is 0 Å². The number of nitrogens with zero attached hydrogens (tertiary/aromatic N) is 2. The van der Waals surface area contributed by atoms with Crippen LogP contribution in [0.25, 0.3) is 0 Å². The lowest BCUT2D eigenvalue weighted by atomic mass is 9.60. The van der Waals surface area contributed by atoms with Crippen LogP contribution in [-0.2, 0) is 20.4 Å². The topological polar surface area (TPSA) is 82.8 Å². The summed E-state index contributed by atoms with van der Waals surface area (Å²) in [6, 6.07) is 4.78. The molecule has 5 rings (SSSR count). The number of hydrogen-bond acceptors (Lipinski definition) is 5. The average molecular weight is 408 g/mol. The van der Waals surface area contributed by atoms with E-state index in [1.54, 1.807) is 13.0 Å². The highest BCUT2D eigenvalue weighted by Crippen LogP contribution is 2.67. The van der Waals surface area contributed by atoms with Gasteiger partial charge in [0.25, 0.3) is 0 Å². The zero-order chi connectivity index (χ0) is 20.9. The van der Waals surface area contributed by atoms with Gasteiger partial charge in [0, 0.05) is 23.9 Å². The molecule has 29 heavy (non-hydrogen) atoms. The van der Waals surface area contributed by atoms with Gasteiger partial charge in [0.2, 0.25) is 5.91 Å². The molecule has 2 bridgehead atoms. The molecule has 0 saturated carbocycles. The molecule has 4 saturated heterocycles. The molecule has 1 amide bonds. The van der Waals surface area contributed by atoms with Crippen LogP contribution >= 0.6 is 0 Å². The largest absolute Gasteiger partial charge is 0.417 e. The second kappa shape index (κ2) is 5.50. The molecular weight excluding hydrogens is 389 g/mol. The lowest BCUT2D eigenvalue weighted by Gasteiger charge is -2.45. The third-order valence-electron chi connectivity index (χ3n) is 7.34. The Morgan fingerprint density at radius 1 is 1.38 bits per heavy atom. The molecule has 9 heteroatoms. The molecule has 7 atom stereocenters. The molecule has 4 aliphatic heterocycles. The van der Waals surface area contributed by atoms with Crippen molar-refractivity contribution < 1.29 is 32.5 Å². The summed E-state index contributed by atoms with van der Waals surface area (Å²) in [6.07, 6.45) is -5.83. The summed E-state index contributed by atoms with van der Waals surface area (Å²) in [5.41, 5.74) is -3.42. The molecule has 0 unspecified atom stereocenters. The van der Waals surface area contributed by atoms with Crippen LogP contribution in [-0.4, -0.2) is 41.2 Å². The summed E-state index contributed by atoms with van der Waals surface area (Å²) in [5, 5.41) is 19.8. The number of nitriles is 1. The number of ether oxygens (including phenoxy) is 2. The van der Waals surface area contributed by atoms with E-state index in [4.69, 9.17) is 14.7 Å². The minimum atomic E-state index is -4.73. The number of fused-ring (bicyclic) bond motifs is 2. The van der Waals surface area contributed by atoms with E-state index in [0.29, 0.717) is 6.42 Å². The maximum Gasteiger partial charge on any atom is 0.417 e. The number of hydrogen-bond donors (Lipinski definition) is 1. The lowest BCUT2D eigenvalue weighted by molar-refractivity contribution is -0.148. The highest BCUT2D eigenvalue weighted by molar-refractivity contribution is 6.00. The first-order valence-electron chi connectivity index (χ1n) is 9.50. The highest BCUT2D eigenvalue weighted by Gasteiger charge is 2.80. The molecule has 6 nitrogen and oxygen atoms in total. The predicted octanol–water partition coefficient (Wildman–Crippen LogP) is 2.44. The number of rotatable bonds is 1. The number of carbonyl (C=O) groups excluding carboxylic acids is 1. The molecule has 1 aromatic carbocycles. The maximum atomic E-state index is 13.4. The molecular formula is C20H19F3N2O4. The fourth-order valence-corrected chi connectivity index (χ4v) is 6.08. The molecule has 4 aliphatic rings. The van der Waals surface area contributed by atoms with Gasteiger partial charge in [-0.15, -0.1) is 0 Å². The van der Waals surface area contributed by atoms with Crippen LogP contribution in [0.5, 0.6) is 0 Å². The number of aliphatic hydroxyl groups is 1.